The molecule has 2 aliphatic rings. The Balaban J connectivity index is 1.75. The SMILES string of the molecule is CC(CO)CN(CC1CC1)CC1CCCN1. The Morgan fingerprint density at radius 2 is 2.12 bits per heavy atom. The van der Waals surface area contributed by atoms with Gasteiger partial charge in [-0.3, -0.25) is 0 Å². The van der Waals surface area contributed by atoms with Crippen LogP contribution in [-0.4, -0.2) is 48.8 Å². The fourth-order valence-electron chi connectivity index (χ4n) is 2.61. The molecule has 0 radical (unpaired) electrons. The lowest BCUT2D eigenvalue weighted by Crippen LogP contribution is -2.41. The molecular weight excluding hydrogens is 200 g/mol. The normalized spacial score (nSPS) is 27.6. The summed E-state index contributed by atoms with van der Waals surface area (Å²) in [6.07, 6.45) is 5.50. The van der Waals surface area contributed by atoms with Gasteiger partial charge in [0.25, 0.3) is 0 Å². The third kappa shape index (κ3) is 4.04. The molecule has 0 bridgehead atoms. The highest BCUT2D eigenvalue weighted by Gasteiger charge is 2.26. The summed E-state index contributed by atoms with van der Waals surface area (Å²) in [5.41, 5.74) is 0. The van der Waals surface area contributed by atoms with E-state index in [1.165, 1.54) is 45.3 Å². The maximum absolute atomic E-state index is 9.15. The summed E-state index contributed by atoms with van der Waals surface area (Å²) in [5, 5.41) is 12.7. The minimum absolute atomic E-state index is 0.319. The molecular formula is C13H26N2O. The van der Waals surface area contributed by atoms with E-state index in [-0.39, 0.29) is 0 Å². The molecule has 2 unspecified atom stereocenters. The van der Waals surface area contributed by atoms with Gasteiger partial charge in [-0.1, -0.05) is 6.92 Å². The molecule has 16 heavy (non-hydrogen) atoms. The van der Waals surface area contributed by atoms with Crippen molar-refractivity contribution in [1.82, 2.24) is 10.2 Å². The van der Waals surface area contributed by atoms with Gasteiger partial charge in [0.15, 0.2) is 0 Å². The number of aliphatic hydroxyl groups is 1. The molecule has 1 aliphatic carbocycles. The number of hydrogen-bond donors (Lipinski definition) is 2. The Morgan fingerprint density at radius 3 is 2.69 bits per heavy atom. The van der Waals surface area contributed by atoms with Gasteiger partial charge in [0.2, 0.25) is 0 Å². The van der Waals surface area contributed by atoms with Crippen LogP contribution >= 0.6 is 0 Å². The minimum Gasteiger partial charge on any atom is -0.396 e. The molecule has 2 N–H and O–H groups in total. The monoisotopic (exact) mass is 226 g/mol. The van der Waals surface area contributed by atoms with Crippen molar-refractivity contribution >= 4 is 0 Å². The Bertz CT molecular complexity index is 200. The molecule has 2 rings (SSSR count). The highest BCUT2D eigenvalue weighted by Crippen LogP contribution is 2.30. The second-order valence-electron chi connectivity index (χ2n) is 5.74. The number of aliphatic hydroxyl groups excluding tert-OH is 1. The largest absolute Gasteiger partial charge is 0.396 e. The number of hydrogen-bond acceptors (Lipinski definition) is 3. The van der Waals surface area contributed by atoms with Gasteiger partial charge < -0.3 is 15.3 Å². The van der Waals surface area contributed by atoms with E-state index in [1.54, 1.807) is 0 Å². The second-order valence-corrected chi connectivity index (χ2v) is 5.74. The van der Waals surface area contributed by atoms with Crippen LogP contribution in [0.4, 0.5) is 0 Å². The summed E-state index contributed by atoms with van der Waals surface area (Å²) in [6, 6.07) is 0.699. The number of nitrogens with one attached hydrogen (secondary N) is 1. The lowest BCUT2D eigenvalue weighted by atomic mass is 10.1. The molecule has 2 atom stereocenters. The van der Waals surface area contributed by atoms with Crippen LogP contribution in [0.3, 0.4) is 0 Å². The Kier molecular flexibility index (Phi) is 4.62. The van der Waals surface area contributed by atoms with Crippen molar-refractivity contribution in [2.75, 3.05) is 32.8 Å². The molecule has 2 fully saturated rings. The lowest BCUT2D eigenvalue weighted by molar-refractivity contribution is 0.161. The summed E-state index contributed by atoms with van der Waals surface area (Å²) in [6.45, 7) is 7.15. The van der Waals surface area contributed by atoms with Crippen LogP contribution in [0.15, 0.2) is 0 Å². The van der Waals surface area contributed by atoms with E-state index < -0.39 is 0 Å². The van der Waals surface area contributed by atoms with Crippen LogP contribution in [0.1, 0.15) is 32.6 Å². The van der Waals surface area contributed by atoms with Crippen LogP contribution in [0.25, 0.3) is 0 Å². The van der Waals surface area contributed by atoms with Gasteiger partial charge >= 0.3 is 0 Å². The third-order valence-electron chi connectivity index (χ3n) is 3.74. The van der Waals surface area contributed by atoms with E-state index in [9.17, 15) is 0 Å². The number of nitrogens with zero attached hydrogens (tertiary/aromatic N) is 1. The van der Waals surface area contributed by atoms with Gasteiger partial charge in [-0.15, -0.1) is 0 Å². The lowest BCUT2D eigenvalue weighted by Gasteiger charge is -2.27. The molecule has 94 valence electrons. The van der Waals surface area contributed by atoms with Crippen molar-refractivity contribution in [3.63, 3.8) is 0 Å². The van der Waals surface area contributed by atoms with Crippen LogP contribution in [0, 0.1) is 11.8 Å². The zero-order valence-electron chi connectivity index (χ0n) is 10.5. The average Bonchev–Trinajstić information content (AvgIpc) is 2.93. The third-order valence-corrected chi connectivity index (χ3v) is 3.74. The van der Waals surface area contributed by atoms with Gasteiger partial charge in [0.1, 0.15) is 0 Å². The molecule has 3 nitrogen and oxygen atoms in total. The van der Waals surface area contributed by atoms with Gasteiger partial charge in [-0.05, 0) is 44.1 Å². The van der Waals surface area contributed by atoms with Crippen molar-refractivity contribution in [1.29, 1.82) is 0 Å². The molecule has 0 aromatic carbocycles. The van der Waals surface area contributed by atoms with E-state index in [2.05, 4.69) is 17.1 Å². The quantitative estimate of drug-likeness (QED) is 0.682. The van der Waals surface area contributed by atoms with E-state index in [4.69, 9.17) is 5.11 Å². The Hall–Kier alpha value is -0.120. The minimum atomic E-state index is 0.319. The van der Waals surface area contributed by atoms with Crippen molar-refractivity contribution in [3.8, 4) is 0 Å². The number of rotatable bonds is 7. The molecule has 0 aromatic heterocycles. The smallest absolute Gasteiger partial charge is 0.0468 e. The Morgan fingerprint density at radius 1 is 1.31 bits per heavy atom. The Labute approximate surface area is 99.2 Å². The molecule has 0 aromatic rings. The predicted molar refractivity (Wildman–Crippen MR) is 66.4 cm³/mol. The highest BCUT2D eigenvalue weighted by molar-refractivity contribution is 4.83. The summed E-state index contributed by atoms with van der Waals surface area (Å²) in [4.78, 5) is 2.57. The van der Waals surface area contributed by atoms with E-state index in [0.29, 0.717) is 18.6 Å². The van der Waals surface area contributed by atoms with Crippen LogP contribution in [0.5, 0.6) is 0 Å². The molecule has 1 saturated carbocycles. The van der Waals surface area contributed by atoms with Crippen LogP contribution in [-0.2, 0) is 0 Å². The molecule has 0 amide bonds. The standard InChI is InChI=1S/C13H26N2O/c1-11(10-16)7-15(8-12-4-5-12)9-13-3-2-6-14-13/h11-14,16H,2-10H2,1H3. The van der Waals surface area contributed by atoms with E-state index in [1.807, 2.05) is 0 Å². The first-order chi connectivity index (χ1) is 7.78. The maximum atomic E-state index is 9.15. The molecule has 1 saturated heterocycles. The molecule has 1 heterocycles. The first-order valence-corrected chi connectivity index (χ1v) is 6.84. The second kappa shape index (κ2) is 5.99. The van der Waals surface area contributed by atoms with Crippen molar-refractivity contribution in [2.45, 2.75) is 38.6 Å². The van der Waals surface area contributed by atoms with E-state index in [0.717, 1.165) is 12.5 Å². The fourth-order valence-corrected chi connectivity index (χ4v) is 2.61. The molecule has 0 spiro atoms. The zero-order chi connectivity index (χ0) is 11.4. The van der Waals surface area contributed by atoms with Crippen molar-refractivity contribution in [2.24, 2.45) is 11.8 Å². The highest BCUT2D eigenvalue weighted by atomic mass is 16.3. The van der Waals surface area contributed by atoms with Gasteiger partial charge in [0.05, 0.1) is 0 Å². The first-order valence-electron chi connectivity index (χ1n) is 6.84. The van der Waals surface area contributed by atoms with Crippen molar-refractivity contribution < 1.29 is 5.11 Å². The average molecular weight is 226 g/mol. The van der Waals surface area contributed by atoms with E-state index >= 15 is 0 Å². The maximum Gasteiger partial charge on any atom is 0.0468 e. The zero-order valence-corrected chi connectivity index (χ0v) is 10.5. The summed E-state index contributed by atoms with van der Waals surface area (Å²) < 4.78 is 0. The van der Waals surface area contributed by atoms with Gasteiger partial charge in [0, 0.05) is 32.3 Å². The fraction of sp³-hybridized carbons (Fsp3) is 1.00. The van der Waals surface area contributed by atoms with Crippen molar-refractivity contribution in [3.05, 3.63) is 0 Å². The summed E-state index contributed by atoms with van der Waals surface area (Å²) in [7, 11) is 0. The predicted octanol–water partition coefficient (Wildman–Crippen LogP) is 1.08. The molecule has 3 heteroatoms. The molecule has 1 aliphatic heterocycles. The summed E-state index contributed by atoms with van der Waals surface area (Å²) in [5.74, 6) is 1.37. The van der Waals surface area contributed by atoms with Crippen LogP contribution < -0.4 is 5.32 Å². The topological polar surface area (TPSA) is 35.5 Å². The summed E-state index contributed by atoms with van der Waals surface area (Å²) >= 11 is 0. The van der Waals surface area contributed by atoms with Gasteiger partial charge in [-0.2, -0.15) is 0 Å². The van der Waals surface area contributed by atoms with Gasteiger partial charge in [-0.25, -0.2) is 0 Å². The first kappa shape index (κ1) is 12.3. The van der Waals surface area contributed by atoms with Crippen LogP contribution in [0.2, 0.25) is 0 Å².